The van der Waals surface area contributed by atoms with Crippen molar-refractivity contribution in [2.75, 3.05) is 25.2 Å². The number of ether oxygens (including phenoxy) is 3. The fraction of sp³-hybridized carbons (Fsp3) is 0.133. The zero-order valence-corrected chi connectivity index (χ0v) is 24.0. The maximum Gasteiger partial charge on any atom is 0.326 e. The summed E-state index contributed by atoms with van der Waals surface area (Å²) in [5.41, 5.74) is 2.84. The van der Waals surface area contributed by atoms with E-state index in [0.717, 1.165) is 16.9 Å². The minimum atomic E-state index is -0.504. The van der Waals surface area contributed by atoms with Crippen LogP contribution in [0.3, 0.4) is 0 Å². The van der Waals surface area contributed by atoms with E-state index in [9.17, 15) is 9.59 Å². The Morgan fingerprint density at radius 3 is 2.08 bits per heavy atom. The van der Waals surface area contributed by atoms with Crippen molar-refractivity contribution in [2.24, 2.45) is 0 Å². The molecule has 0 bridgehead atoms. The smallest absolute Gasteiger partial charge is 0.326 e. The molecular formula is C30H25Br2NO5. The topological polar surface area (TPSA) is 65.1 Å². The van der Waals surface area contributed by atoms with Crippen molar-refractivity contribution >= 4 is 49.4 Å². The number of anilines is 1. The van der Waals surface area contributed by atoms with Gasteiger partial charge in [-0.3, -0.25) is 14.5 Å². The van der Waals surface area contributed by atoms with E-state index >= 15 is 0 Å². The van der Waals surface area contributed by atoms with Crippen molar-refractivity contribution in [2.45, 2.75) is 6.92 Å². The van der Waals surface area contributed by atoms with Crippen molar-refractivity contribution in [3.05, 3.63) is 106 Å². The van der Waals surface area contributed by atoms with Gasteiger partial charge >= 0.3 is 5.97 Å². The van der Waals surface area contributed by atoms with Gasteiger partial charge in [0.1, 0.15) is 18.0 Å². The van der Waals surface area contributed by atoms with Crippen LogP contribution < -0.4 is 14.4 Å². The molecule has 0 aliphatic carbocycles. The molecule has 194 valence electrons. The first kappa shape index (κ1) is 27.4. The maximum atomic E-state index is 13.4. The molecule has 0 spiro atoms. The van der Waals surface area contributed by atoms with E-state index in [-0.39, 0.29) is 19.1 Å². The van der Waals surface area contributed by atoms with Gasteiger partial charge in [-0.1, -0.05) is 48.5 Å². The van der Waals surface area contributed by atoms with Crippen molar-refractivity contribution in [1.82, 2.24) is 0 Å². The molecule has 0 N–H and O–H groups in total. The molecule has 0 saturated heterocycles. The van der Waals surface area contributed by atoms with Gasteiger partial charge < -0.3 is 14.2 Å². The lowest BCUT2D eigenvalue weighted by molar-refractivity contribution is -0.141. The third kappa shape index (κ3) is 6.44. The Morgan fingerprint density at radius 2 is 1.47 bits per heavy atom. The van der Waals surface area contributed by atoms with Crippen LogP contribution in [-0.4, -0.2) is 32.1 Å². The summed E-state index contributed by atoms with van der Waals surface area (Å²) in [6, 6.07) is 27.7. The molecular weight excluding hydrogens is 614 g/mol. The summed E-state index contributed by atoms with van der Waals surface area (Å²) in [6.07, 6.45) is 0. The molecule has 8 heteroatoms. The lowest BCUT2D eigenvalue weighted by Gasteiger charge is -2.23. The normalized spacial score (nSPS) is 10.5. The number of rotatable bonds is 9. The third-order valence-electron chi connectivity index (χ3n) is 5.63. The molecule has 0 atom stereocenters. The summed E-state index contributed by atoms with van der Waals surface area (Å²) >= 11 is 7.17. The Morgan fingerprint density at radius 1 is 0.842 bits per heavy atom. The van der Waals surface area contributed by atoms with Gasteiger partial charge in [-0.25, -0.2) is 0 Å². The largest absolute Gasteiger partial charge is 0.496 e. The highest BCUT2D eigenvalue weighted by Crippen LogP contribution is 2.42. The number of hydrogen-bond acceptors (Lipinski definition) is 5. The molecule has 0 fully saturated rings. The number of nitrogens with zero attached hydrogens (tertiary/aromatic N) is 1. The number of benzene rings is 4. The number of carbonyl (C=O) groups is 2. The molecule has 0 heterocycles. The molecule has 0 aliphatic heterocycles. The minimum Gasteiger partial charge on any atom is -0.496 e. The Hall–Kier alpha value is -3.62. The van der Waals surface area contributed by atoms with E-state index in [1.54, 1.807) is 50.4 Å². The van der Waals surface area contributed by atoms with Crippen LogP contribution in [0, 0.1) is 0 Å². The van der Waals surface area contributed by atoms with Crippen LogP contribution in [0.4, 0.5) is 5.69 Å². The van der Waals surface area contributed by atoms with Crippen LogP contribution in [0.1, 0.15) is 17.3 Å². The lowest BCUT2D eigenvalue weighted by Crippen LogP contribution is -2.36. The molecule has 4 aromatic rings. The van der Waals surface area contributed by atoms with E-state index in [0.29, 0.717) is 31.7 Å². The summed E-state index contributed by atoms with van der Waals surface area (Å²) < 4.78 is 18.1. The summed E-state index contributed by atoms with van der Waals surface area (Å²) in [7, 11) is 1.63. The van der Waals surface area contributed by atoms with Gasteiger partial charge in [0.05, 0.1) is 22.7 Å². The molecule has 0 unspecified atom stereocenters. The first-order chi connectivity index (χ1) is 18.4. The molecule has 4 rings (SSSR count). The highest BCUT2D eigenvalue weighted by molar-refractivity contribution is 9.11. The second-order valence-corrected chi connectivity index (χ2v) is 9.84. The van der Waals surface area contributed by atoms with Crippen molar-refractivity contribution in [1.29, 1.82) is 0 Å². The zero-order valence-electron chi connectivity index (χ0n) is 20.8. The lowest BCUT2D eigenvalue weighted by atomic mass is 10.0. The van der Waals surface area contributed by atoms with Gasteiger partial charge in [-0.05, 0) is 86.8 Å². The van der Waals surface area contributed by atoms with E-state index in [1.807, 2.05) is 54.6 Å². The number of carbonyl (C=O) groups excluding carboxylic acids is 2. The molecule has 6 nitrogen and oxygen atoms in total. The SMILES string of the molecule is CCOC(=O)CN(C(=O)c1ccccc1)c1cc(Br)c(Oc2ccc(OC)c(-c3ccccc3)c2)c(Br)c1. The first-order valence-corrected chi connectivity index (χ1v) is 13.4. The van der Waals surface area contributed by atoms with Crippen molar-refractivity contribution < 1.29 is 23.8 Å². The second-order valence-electron chi connectivity index (χ2n) is 8.13. The highest BCUT2D eigenvalue weighted by Gasteiger charge is 2.24. The molecule has 4 aromatic carbocycles. The summed E-state index contributed by atoms with van der Waals surface area (Å²) in [5.74, 6) is 1.01. The monoisotopic (exact) mass is 637 g/mol. The van der Waals surface area contributed by atoms with Crippen molar-refractivity contribution in [3.8, 4) is 28.4 Å². The van der Waals surface area contributed by atoms with Crippen LogP contribution in [0.5, 0.6) is 17.2 Å². The quantitative estimate of drug-likeness (QED) is 0.174. The predicted octanol–water partition coefficient (Wildman–Crippen LogP) is 7.89. The fourth-order valence-electron chi connectivity index (χ4n) is 3.86. The predicted molar refractivity (Wildman–Crippen MR) is 155 cm³/mol. The van der Waals surface area contributed by atoms with Crippen molar-refractivity contribution in [3.63, 3.8) is 0 Å². The Balaban J connectivity index is 1.68. The van der Waals surface area contributed by atoms with Gasteiger partial charge in [0.25, 0.3) is 5.91 Å². The van der Waals surface area contributed by atoms with E-state index < -0.39 is 5.97 Å². The molecule has 0 saturated carbocycles. The molecule has 0 aromatic heterocycles. The Kier molecular flexibility index (Phi) is 9.20. The Labute approximate surface area is 238 Å². The Bertz CT molecular complexity index is 1400. The number of hydrogen-bond donors (Lipinski definition) is 0. The summed E-state index contributed by atoms with van der Waals surface area (Å²) in [5, 5.41) is 0. The number of amides is 1. The van der Waals surface area contributed by atoms with Crippen LogP contribution in [-0.2, 0) is 9.53 Å². The van der Waals surface area contributed by atoms with E-state index in [4.69, 9.17) is 14.2 Å². The zero-order chi connectivity index (χ0) is 27.1. The van der Waals surface area contributed by atoms with Gasteiger partial charge in [-0.15, -0.1) is 0 Å². The van der Waals surface area contributed by atoms with Crippen LogP contribution in [0.15, 0.2) is 99.9 Å². The number of halogens is 2. The van der Waals surface area contributed by atoms with E-state index in [1.165, 1.54) is 4.90 Å². The summed E-state index contributed by atoms with van der Waals surface area (Å²) in [4.78, 5) is 27.1. The molecule has 1 amide bonds. The third-order valence-corrected chi connectivity index (χ3v) is 6.81. The van der Waals surface area contributed by atoms with Gasteiger partial charge in [0.2, 0.25) is 0 Å². The summed E-state index contributed by atoms with van der Waals surface area (Å²) in [6.45, 7) is 1.71. The average Bonchev–Trinajstić information content (AvgIpc) is 2.94. The highest BCUT2D eigenvalue weighted by atomic mass is 79.9. The first-order valence-electron chi connectivity index (χ1n) is 11.8. The minimum absolute atomic E-state index is 0.221. The standard InChI is InChI=1S/C30H25Br2NO5/c1-3-37-28(34)19-33(30(35)21-12-8-5-9-13-21)22-16-25(31)29(26(32)17-22)38-23-14-15-27(36-2)24(18-23)20-10-6-4-7-11-20/h4-18H,3,19H2,1-2H3. The van der Waals surface area contributed by atoms with Gasteiger partial charge in [0, 0.05) is 16.8 Å². The van der Waals surface area contributed by atoms with Gasteiger partial charge in [-0.2, -0.15) is 0 Å². The molecule has 0 radical (unpaired) electrons. The second kappa shape index (κ2) is 12.8. The van der Waals surface area contributed by atoms with Crippen LogP contribution in [0.25, 0.3) is 11.1 Å². The van der Waals surface area contributed by atoms with Gasteiger partial charge in [0.15, 0.2) is 5.75 Å². The average molecular weight is 639 g/mol. The molecule has 38 heavy (non-hydrogen) atoms. The van der Waals surface area contributed by atoms with Crippen LogP contribution >= 0.6 is 31.9 Å². The van der Waals surface area contributed by atoms with Crippen LogP contribution in [0.2, 0.25) is 0 Å². The number of esters is 1. The molecule has 0 aliphatic rings. The van der Waals surface area contributed by atoms with E-state index in [2.05, 4.69) is 31.9 Å². The fourth-order valence-corrected chi connectivity index (χ4v) is 5.19. The maximum absolute atomic E-state index is 13.4. The number of methoxy groups -OCH3 is 1.